The summed E-state index contributed by atoms with van der Waals surface area (Å²) in [7, 11) is 0. The molecule has 3 heteroatoms. The molecule has 0 saturated heterocycles. The average Bonchev–Trinajstić information content (AvgIpc) is 2.27. The molecule has 2 nitrogen and oxygen atoms in total. The molecule has 16 heavy (non-hydrogen) atoms. The van der Waals surface area contributed by atoms with E-state index in [0.29, 0.717) is 6.42 Å². The first-order chi connectivity index (χ1) is 7.72. The fourth-order valence-corrected chi connectivity index (χ4v) is 2.03. The van der Waals surface area contributed by atoms with Gasteiger partial charge in [-0.15, -0.1) is 11.8 Å². The van der Waals surface area contributed by atoms with Crippen molar-refractivity contribution >= 4 is 17.5 Å². The number of Topliss-reactive ketones (excluding diaryl/α,β-unsaturated/α-hetero) is 1. The lowest BCUT2D eigenvalue weighted by Crippen LogP contribution is -2.16. The van der Waals surface area contributed by atoms with Gasteiger partial charge in [-0.1, -0.05) is 19.1 Å². The first-order valence-corrected chi connectivity index (χ1v) is 6.63. The Hall–Kier alpha value is -0.800. The molecule has 0 unspecified atom stereocenters. The summed E-state index contributed by atoms with van der Waals surface area (Å²) in [6, 6.07) is 8.57. The molecule has 1 aromatic rings. The highest BCUT2D eigenvalue weighted by atomic mass is 32.2. The summed E-state index contributed by atoms with van der Waals surface area (Å²) >= 11 is 1.85. The maximum Gasteiger partial charge on any atom is 0.131 e. The van der Waals surface area contributed by atoms with Crippen LogP contribution in [0.15, 0.2) is 29.2 Å². The van der Waals surface area contributed by atoms with E-state index in [2.05, 4.69) is 36.5 Å². The molecule has 0 aromatic heterocycles. The highest BCUT2D eigenvalue weighted by Crippen LogP contribution is 2.17. The summed E-state index contributed by atoms with van der Waals surface area (Å²) in [5.74, 6) is 1.35. The van der Waals surface area contributed by atoms with E-state index >= 15 is 0 Å². The molecule has 1 rings (SSSR count). The molecule has 0 aliphatic heterocycles. The highest BCUT2D eigenvalue weighted by Gasteiger charge is 1.96. The van der Waals surface area contributed by atoms with Gasteiger partial charge < -0.3 is 5.32 Å². The van der Waals surface area contributed by atoms with Crippen LogP contribution in [0, 0.1) is 0 Å². The van der Waals surface area contributed by atoms with Crippen molar-refractivity contribution in [3.8, 4) is 0 Å². The van der Waals surface area contributed by atoms with E-state index in [0.717, 1.165) is 18.8 Å². The Labute approximate surface area is 102 Å². The van der Waals surface area contributed by atoms with Crippen LogP contribution in [0.5, 0.6) is 0 Å². The second-order valence-corrected chi connectivity index (χ2v) is 5.04. The minimum Gasteiger partial charge on any atom is -0.312 e. The maximum atomic E-state index is 10.7. The van der Waals surface area contributed by atoms with Crippen LogP contribution in [0.25, 0.3) is 0 Å². The van der Waals surface area contributed by atoms with Gasteiger partial charge in [0.1, 0.15) is 5.78 Å². The Balaban J connectivity index is 2.29. The number of carbonyl (C=O) groups excluding carboxylic acids is 1. The van der Waals surface area contributed by atoms with Crippen LogP contribution in [0.1, 0.15) is 25.8 Å². The zero-order valence-electron chi connectivity index (χ0n) is 9.95. The lowest BCUT2D eigenvalue weighted by atomic mass is 10.2. The quantitative estimate of drug-likeness (QED) is 0.584. The van der Waals surface area contributed by atoms with Crippen molar-refractivity contribution in [3.05, 3.63) is 29.8 Å². The van der Waals surface area contributed by atoms with E-state index in [9.17, 15) is 4.79 Å². The van der Waals surface area contributed by atoms with Crippen molar-refractivity contribution in [1.82, 2.24) is 5.32 Å². The van der Waals surface area contributed by atoms with Crippen LogP contribution in [-0.4, -0.2) is 18.1 Å². The third-order valence-corrected chi connectivity index (χ3v) is 3.11. The maximum absolute atomic E-state index is 10.7. The van der Waals surface area contributed by atoms with Gasteiger partial charge in [0.25, 0.3) is 0 Å². The van der Waals surface area contributed by atoms with Gasteiger partial charge in [0.2, 0.25) is 0 Å². The average molecular weight is 237 g/mol. The van der Waals surface area contributed by atoms with Gasteiger partial charge in [-0.2, -0.15) is 0 Å². The van der Waals surface area contributed by atoms with Crippen LogP contribution >= 0.6 is 11.8 Å². The largest absolute Gasteiger partial charge is 0.312 e. The fourth-order valence-electron chi connectivity index (χ4n) is 1.37. The van der Waals surface area contributed by atoms with Crippen LogP contribution in [0.2, 0.25) is 0 Å². The lowest BCUT2D eigenvalue weighted by Gasteiger charge is -2.04. The molecule has 0 spiro atoms. The van der Waals surface area contributed by atoms with Crippen LogP contribution in [0.4, 0.5) is 0 Å². The molecule has 88 valence electrons. The summed E-state index contributed by atoms with van der Waals surface area (Å²) in [5.41, 5.74) is 1.27. The van der Waals surface area contributed by atoms with Gasteiger partial charge >= 0.3 is 0 Å². The van der Waals surface area contributed by atoms with Crippen molar-refractivity contribution in [2.24, 2.45) is 0 Å². The number of ketones is 1. The topological polar surface area (TPSA) is 29.1 Å². The Morgan fingerprint density at radius 3 is 2.56 bits per heavy atom. The van der Waals surface area contributed by atoms with Gasteiger partial charge in [0.15, 0.2) is 0 Å². The fraction of sp³-hybridized carbons (Fsp3) is 0.462. The van der Waals surface area contributed by atoms with Gasteiger partial charge in [-0.05, 0) is 30.4 Å². The van der Waals surface area contributed by atoms with Crippen molar-refractivity contribution in [3.63, 3.8) is 0 Å². The molecule has 0 radical (unpaired) electrons. The number of benzene rings is 1. The van der Waals surface area contributed by atoms with E-state index < -0.39 is 0 Å². The summed E-state index contributed by atoms with van der Waals surface area (Å²) in [6.45, 7) is 5.38. The Morgan fingerprint density at radius 2 is 2.00 bits per heavy atom. The van der Waals surface area contributed by atoms with E-state index in [-0.39, 0.29) is 5.78 Å². The zero-order valence-corrected chi connectivity index (χ0v) is 10.8. The number of hydrogen-bond acceptors (Lipinski definition) is 3. The summed E-state index contributed by atoms with van der Waals surface area (Å²) < 4.78 is 0. The first-order valence-electron chi connectivity index (χ1n) is 5.64. The Morgan fingerprint density at radius 1 is 1.31 bits per heavy atom. The summed E-state index contributed by atoms with van der Waals surface area (Å²) in [5, 5.41) is 3.26. The molecule has 0 fully saturated rings. The molecule has 0 aliphatic carbocycles. The molecular weight excluding hydrogens is 218 g/mol. The van der Waals surface area contributed by atoms with Crippen molar-refractivity contribution < 1.29 is 4.79 Å². The van der Waals surface area contributed by atoms with Crippen LogP contribution in [-0.2, 0) is 11.3 Å². The number of nitrogens with one attached hydrogen (secondary N) is 1. The molecule has 0 heterocycles. The molecular formula is C13H19NOS. The molecule has 0 saturated carbocycles. The first kappa shape index (κ1) is 13.3. The normalized spacial score (nSPS) is 10.4. The second-order valence-electron chi connectivity index (χ2n) is 3.71. The standard InChI is InChI=1S/C13H19NOS/c1-3-16-13-6-4-12(5-7-13)10-14-9-8-11(2)15/h4-7,14H,3,8-10H2,1-2H3. The predicted octanol–water partition coefficient (Wildman–Crippen LogP) is 2.87. The molecule has 0 amide bonds. The van der Waals surface area contributed by atoms with Gasteiger partial charge in [0.05, 0.1) is 0 Å². The second kappa shape index (κ2) is 7.47. The third kappa shape index (κ3) is 5.33. The van der Waals surface area contributed by atoms with Crippen LogP contribution in [0.3, 0.4) is 0 Å². The number of carbonyl (C=O) groups is 1. The Bertz CT molecular complexity index is 321. The summed E-state index contributed by atoms with van der Waals surface area (Å²) in [4.78, 5) is 12.0. The van der Waals surface area contributed by atoms with Crippen LogP contribution < -0.4 is 5.32 Å². The van der Waals surface area contributed by atoms with Crippen molar-refractivity contribution in [2.45, 2.75) is 31.7 Å². The third-order valence-electron chi connectivity index (χ3n) is 2.22. The number of rotatable bonds is 7. The number of thioether (sulfide) groups is 1. The number of hydrogen-bond donors (Lipinski definition) is 1. The smallest absolute Gasteiger partial charge is 0.131 e. The SMILES string of the molecule is CCSc1ccc(CNCCC(C)=O)cc1. The molecule has 0 bridgehead atoms. The van der Waals surface area contributed by atoms with Crippen molar-refractivity contribution in [2.75, 3.05) is 12.3 Å². The van der Waals surface area contributed by atoms with E-state index in [4.69, 9.17) is 0 Å². The predicted molar refractivity (Wildman–Crippen MR) is 69.8 cm³/mol. The van der Waals surface area contributed by atoms with Crippen molar-refractivity contribution in [1.29, 1.82) is 0 Å². The minimum atomic E-state index is 0.238. The zero-order chi connectivity index (χ0) is 11.8. The van der Waals surface area contributed by atoms with Gasteiger partial charge in [0, 0.05) is 24.4 Å². The highest BCUT2D eigenvalue weighted by molar-refractivity contribution is 7.99. The molecule has 1 N–H and O–H groups in total. The van der Waals surface area contributed by atoms with E-state index in [1.165, 1.54) is 10.5 Å². The van der Waals surface area contributed by atoms with E-state index in [1.807, 2.05) is 11.8 Å². The molecule has 1 aromatic carbocycles. The minimum absolute atomic E-state index is 0.238. The van der Waals surface area contributed by atoms with E-state index in [1.54, 1.807) is 6.92 Å². The lowest BCUT2D eigenvalue weighted by molar-refractivity contribution is -0.116. The summed E-state index contributed by atoms with van der Waals surface area (Å²) in [6.07, 6.45) is 0.615. The monoisotopic (exact) mass is 237 g/mol. The van der Waals surface area contributed by atoms with Gasteiger partial charge in [-0.25, -0.2) is 0 Å². The van der Waals surface area contributed by atoms with Gasteiger partial charge in [-0.3, -0.25) is 4.79 Å². The molecule has 0 aliphatic rings. The Kier molecular flexibility index (Phi) is 6.19. The molecule has 0 atom stereocenters.